The zero-order valence-corrected chi connectivity index (χ0v) is 13.5. The molecule has 0 aromatic carbocycles. The lowest BCUT2D eigenvalue weighted by atomic mass is 10.2. The molecule has 0 aliphatic rings. The Morgan fingerprint density at radius 3 is 2.95 bits per heavy atom. The van der Waals surface area contributed by atoms with Crippen molar-refractivity contribution in [1.29, 1.82) is 0 Å². The number of hydrogen-bond donors (Lipinski definition) is 2. The van der Waals surface area contributed by atoms with E-state index >= 15 is 0 Å². The molecule has 112 valence electrons. The molecule has 7 heteroatoms. The number of amides is 1. The van der Waals surface area contributed by atoms with Crippen LogP contribution in [0.2, 0.25) is 5.15 Å². The smallest absolute Gasteiger partial charge is 0.252 e. The SMILES string of the molecule is CCCNc1cc(C(=O)NC(C)c2nccs2)cc(Cl)n1. The Balaban J connectivity index is 2.09. The van der Waals surface area contributed by atoms with Crippen molar-refractivity contribution in [2.45, 2.75) is 26.3 Å². The van der Waals surface area contributed by atoms with Crippen molar-refractivity contribution in [1.82, 2.24) is 15.3 Å². The molecular formula is C14H17ClN4OS. The molecule has 2 rings (SSSR count). The van der Waals surface area contributed by atoms with E-state index in [2.05, 4.69) is 27.5 Å². The summed E-state index contributed by atoms with van der Waals surface area (Å²) in [6.07, 6.45) is 2.69. The van der Waals surface area contributed by atoms with Crippen molar-refractivity contribution < 1.29 is 4.79 Å². The van der Waals surface area contributed by atoms with Gasteiger partial charge in [0.05, 0.1) is 6.04 Å². The first-order chi connectivity index (χ1) is 10.1. The van der Waals surface area contributed by atoms with Crippen molar-refractivity contribution in [3.63, 3.8) is 0 Å². The predicted molar refractivity (Wildman–Crippen MR) is 86.0 cm³/mol. The maximum Gasteiger partial charge on any atom is 0.252 e. The van der Waals surface area contributed by atoms with Gasteiger partial charge in [-0.25, -0.2) is 9.97 Å². The zero-order chi connectivity index (χ0) is 15.2. The van der Waals surface area contributed by atoms with Crippen molar-refractivity contribution in [3.8, 4) is 0 Å². The van der Waals surface area contributed by atoms with Crippen LogP contribution in [0.1, 0.15) is 41.7 Å². The van der Waals surface area contributed by atoms with E-state index < -0.39 is 0 Å². The minimum absolute atomic E-state index is 0.142. The molecule has 0 radical (unpaired) electrons. The summed E-state index contributed by atoms with van der Waals surface area (Å²) in [5.74, 6) is 0.415. The van der Waals surface area contributed by atoms with Gasteiger partial charge in [-0.1, -0.05) is 18.5 Å². The normalized spacial score (nSPS) is 12.0. The summed E-state index contributed by atoms with van der Waals surface area (Å²) >= 11 is 7.48. The Morgan fingerprint density at radius 2 is 2.29 bits per heavy atom. The van der Waals surface area contributed by atoms with Gasteiger partial charge in [-0.3, -0.25) is 4.79 Å². The molecule has 0 saturated carbocycles. The van der Waals surface area contributed by atoms with Crippen molar-refractivity contribution in [2.24, 2.45) is 0 Å². The van der Waals surface area contributed by atoms with Gasteiger partial charge in [0.1, 0.15) is 16.0 Å². The number of thiazole rings is 1. The lowest BCUT2D eigenvalue weighted by Crippen LogP contribution is -2.26. The Bertz CT molecular complexity index is 603. The van der Waals surface area contributed by atoms with Crippen LogP contribution in [0, 0.1) is 0 Å². The molecule has 2 aromatic rings. The lowest BCUT2D eigenvalue weighted by molar-refractivity contribution is 0.0940. The average molecular weight is 325 g/mol. The Morgan fingerprint density at radius 1 is 1.48 bits per heavy atom. The maximum absolute atomic E-state index is 12.3. The molecule has 0 aliphatic carbocycles. The number of nitrogens with zero attached hydrogens (tertiary/aromatic N) is 2. The fourth-order valence-corrected chi connectivity index (χ4v) is 2.62. The second-order valence-corrected chi connectivity index (χ2v) is 5.87. The minimum Gasteiger partial charge on any atom is -0.370 e. The van der Waals surface area contributed by atoms with E-state index in [1.54, 1.807) is 18.3 Å². The van der Waals surface area contributed by atoms with E-state index in [9.17, 15) is 4.79 Å². The molecule has 0 fully saturated rings. The molecular weight excluding hydrogens is 308 g/mol. The van der Waals surface area contributed by atoms with Crippen LogP contribution in [0.25, 0.3) is 0 Å². The van der Waals surface area contributed by atoms with Gasteiger partial charge in [0, 0.05) is 23.7 Å². The molecule has 1 atom stereocenters. The Hall–Kier alpha value is -1.66. The Kier molecular flexibility index (Phi) is 5.52. The van der Waals surface area contributed by atoms with Crippen molar-refractivity contribution >= 4 is 34.7 Å². The zero-order valence-electron chi connectivity index (χ0n) is 11.9. The van der Waals surface area contributed by atoms with E-state index in [4.69, 9.17) is 11.6 Å². The fourth-order valence-electron chi connectivity index (χ4n) is 1.76. The molecule has 0 aliphatic heterocycles. The van der Waals surface area contributed by atoms with E-state index in [1.807, 2.05) is 12.3 Å². The summed E-state index contributed by atoms with van der Waals surface area (Å²) in [6.45, 7) is 4.74. The van der Waals surface area contributed by atoms with Crippen molar-refractivity contribution in [3.05, 3.63) is 39.4 Å². The highest BCUT2D eigenvalue weighted by Crippen LogP contribution is 2.18. The van der Waals surface area contributed by atoms with Gasteiger partial charge in [-0.2, -0.15) is 0 Å². The number of hydrogen-bond acceptors (Lipinski definition) is 5. The van der Waals surface area contributed by atoms with E-state index in [1.165, 1.54) is 11.3 Å². The van der Waals surface area contributed by atoms with Crippen LogP contribution in [0.4, 0.5) is 5.82 Å². The molecule has 21 heavy (non-hydrogen) atoms. The topological polar surface area (TPSA) is 66.9 Å². The van der Waals surface area contributed by atoms with Gasteiger partial charge >= 0.3 is 0 Å². The summed E-state index contributed by atoms with van der Waals surface area (Å²) < 4.78 is 0. The summed E-state index contributed by atoms with van der Waals surface area (Å²) in [4.78, 5) is 20.6. The van der Waals surface area contributed by atoms with Gasteiger partial charge in [0.15, 0.2) is 0 Å². The number of rotatable bonds is 6. The van der Waals surface area contributed by atoms with Crippen LogP contribution >= 0.6 is 22.9 Å². The first-order valence-electron chi connectivity index (χ1n) is 6.72. The predicted octanol–water partition coefficient (Wildman–Crippen LogP) is 3.50. The largest absolute Gasteiger partial charge is 0.370 e. The number of halogens is 1. The fraction of sp³-hybridized carbons (Fsp3) is 0.357. The quantitative estimate of drug-likeness (QED) is 0.798. The molecule has 0 bridgehead atoms. The highest BCUT2D eigenvalue weighted by atomic mass is 35.5. The number of anilines is 1. The molecule has 5 nitrogen and oxygen atoms in total. The van der Waals surface area contributed by atoms with Crippen LogP contribution in [0.15, 0.2) is 23.7 Å². The number of nitrogens with one attached hydrogen (secondary N) is 2. The third-order valence-corrected chi connectivity index (χ3v) is 3.93. The molecule has 1 unspecified atom stereocenters. The molecule has 2 heterocycles. The molecule has 0 spiro atoms. The average Bonchev–Trinajstić information content (AvgIpc) is 2.98. The van der Waals surface area contributed by atoms with Crippen LogP contribution in [-0.4, -0.2) is 22.4 Å². The Labute approximate surface area is 132 Å². The molecule has 1 amide bonds. The summed E-state index contributed by atoms with van der Waals surface area (Å²) in [7, 11) is 0. The van der Waals surface area contributed by atoms with Crippen LogP contribution < -0.4 is 10.6 Å². The minimum atomic E-state index is -0.193. The monoisotopic (exact) mass is 324 g/mol. The van der Waals surface area contributed by atoms with Crippen molar-refractivity contribution in [2.75, 3.05) is 11.9 Å². The number of aromatic nitrogens is 2. The van der Waals surface area contributed by atoms with Crippen LogP contribution in [0.5, 0.6) is 0 Å². The summed E-state index contributed by atoms with van der Waals surface area (Å²) in [5, 5.41) is 9.08. The number of pyridine rings is 1. The number of carbonyl (C=O) groups excluding carboxylic acids is 1. The summed E-state index contributed by atoms with van der Waals surface area (Å²) in [6, 6.07) is 3.12. The van der Waals surface area contributed by atoms with E-state index in [0.717, 1.165) is 18.0 Å². The first-order valence-corrected chi connectivity index (χ1v) is 7.97. The van der Waals surface area contributed by atoms with Crippen LogP contribution in [-0.2, 0) is 0 Å². The van der Waals surface area contributed by atoms with Crippen LogP contribution in [0.3, 0.4) is 0 Å². The van der Waals surface area contributed by atoms with Gasteiger partial charge in [0.2, 0.25) is 0 Å². The third-order valence-electron chi connectivity index (χ3n) is 2.78. The molecule has 2 aromatic heterocycles. The highest BCUT2D eigenvalue weighted by molar-refractivity contribution is 7.09. The molecule has 2 N–H and O–H groups in total. The summed E-state index contributed by atoms with van der Waals surface area (Å²) in [5.41, 5.74) is 0.483. The number of carbonyl (C=O) groups is 1. The van der Waals surface area contributed by atoms with Gasteiger partial charge < -0.3 is 10.6 Å². The van der Waals surface area contributed by atoms with Gasteiger partial charge in [-0.05, 0) is 25.5 Å². The van der Waals surface area contributed by atoms with Gasteiger partial charge in [-0.15, -0.1) is 11.3 Å². The highest BCUT2D eigenvalue weighted by Gasteiger charge is 2.14. The maximum atomic E-state index is 12.3. The van der Waals surface area contributed by atoms with E-state index in [-0.39, 0.29) is 11.9 Å². The molecule has 0 saturated heterocycles. The van der Waals surface area contributed by atoms with E-state index in [0.29, 0.717) is 16.5 Å². The van der Waals surface area contributed by atoms with Gasteiger partial charge in [0.25, 0.3) is 5.91 Å². The lowest BCUT2D eigenvalue weighted by Gasteiger charge is -2.12. The third kappa shape index (κ3) is 4.41. The second kappa shape index (κ2) is 7.38. The first kappa shape index (κ1) is 15.7. The second-order valence-electron chi connectivity index (χ2n) is 4.56. The standard InChI is InChI=1S/C14H17ClN4OS/c1-3-4-16-12-8-10(7-11(15)19-12)13(20)18-9(2)14-17-5-6-21-14/h5-9H,3-4H2,1-2H3,(H,16,19)(H,18,20).